The molecule has 56 heavy (non-hydrogen) atoms. The number of rotatable bonds is 15. The largest absolute Gasteiger partial charge is 1.00 e. The molecule has 4 aromatic rings. The summed E-state index contributed by atoms with van der Waals surface area (Å²) in [5, 5.41) is 3.32. The summed E-state index contributed by atoms with van der Waals surface area (Å²) in [4.78, 5) is 2.40. The van der Waals surface area contributed by atoms with Crippen LogP contribution < -0.4 is 22.6 Å². The highest BCUT2D eigenvalue weighted by Crippen LogP contribution is 2.24. The molecule has 2 N–H and O–H groups in total. The Morgan fingerprint density at radius 2 is 1.07 bits per heavy atom. The zero-order valence-corrected chi connectivity index (χ0v) is 36.5. The molecule has 2 aliphatic rings. The lowest BCUT2D eigenvalue weighted by Crippen LogP contribution is -3.13. The van der Waals surface area contributed by atoms with Crippen LogP contribution in [0.25, 0.3) is 22.3 Å². The van der Waals surface area contributed by atoms with Crippen LogP contribution in [0.3, 0.4) is 0 Å². The van der Waals surface area contributed by atoms with Gasteiger partial charge in [0.2, 0.25) is 0 Å². The van der Waals surface area contributed by atoms with Crippen molar-refractivity contribution in [2.24, 2.45) is 0 Å². The maximum Gasteiger partial charge on any atom is 0.180 e. The van der Waals surface area contributed by atoms with Crippen LogP contribution in [0.4, 0.5) is 0 Å². The van der Waals surface area contributed by atoms with Gasteiger partial charge in [0.15, 0.2) is 19.7 Å². The molecule has 2 fully saturated rings. The first-order chi connectivity index (χ1) is 26.5. The van der Waals surface area contributed by atoms with E-state index in [0.717, 1.165) is 47.2 Å². The maximum atomic E-state index is 12.2. The molecule has 0 amide bonds. The Bertz CT molecular complexity index is 1920. The van der Waals surface area contributed by atoms with Crippen LogP contribution in [0.5, 0.6) is 0 Å². The number of sulfone groups is 2. The summed E-state index contributed by atoms with van der Waals surface area (Å²) >= 11 is 5.72. The molecule has 4 aromatic carbocycles. The number of methoxy groups -OCH3 is 2. The van der Waals surface area contributed by atoms with Crippen LogP contribution in [0.2, 0.25) is 0 Å². The third-order valence-electron chi connectivity index (χ3n) is 10.4. The molecule has 0 aromatic heterocycles. The van der Waals surface area contributed by atoms with E-state index in [2.05, 4.69) is 43.4 Å². The van der Waals surface area contributed by atoms with Crippen LogP contribution in [0.15, 0.2) is 107 Å². The van der Waals surface area contributed by atoms with Crippen molar-refractivity contribution in [2.45, 2.75) is 74.2 Å². The first kappa shape index (κ1) is 47.6. The minimum atomic E-state index is -3.28. The Morgan fingerprint density at radius 1 is 0.643 bits per heavy atom. The molecule has 8 nitrogen and oxygen atoms in total. The minimum Gasteiger partial charge on any atom is -1.00 e. The summed E-state index contributed by atoms with van der Waals surface area (Å²) in [6, 6.07) is 32.5. The van der Waals surface area contributed by atoms with E-state index in [4.69, 9.17) is 21.1 Å². The SMILES string of the molecule is COCCS(=O)(=O)c1ccc(-c2ccc(CCCl)cc2)cc1.COCCS(=O)(=O)c1ccc(-c2ccc(CC[NH+]3CCC[C@H]3C)cc2)cc1.C[C@@H]1CCCN1.[Cl-]. The number of ether oxygens (including phenoxy) is 2. The molecule has 0 bridgehead atoms. The van der Waals surface area contributed by atoms with Crippen LogP contribution in [-0.4, -0.2) is 93.4 Å². The molecule has 3 atom stereocenters. The van der Waals surface area contributed by atoms with Gasteiger partial charge in [-0.1, -0.05) is 72.8 Å². The Labute approximate surface area is 347 Å². The molecular weight excluding hydrogens is 788 g/mol. The Morgan fingerprint density at radius 3 is 1.39 bits per heavy atom. The van der Waals surface area contributed by atoms with E-state index in [9.17, 15) is 16.8 Å². The van der Waals surface area contributed by atoms with E-state index in [0.29, 0.717) is 15.7 Å². The predicted octanol–water partition coefficient (Wildman–Crippen LogP) is 3.70. The van der Waals surface area contributed by atoms with Crippen molar-refractivity contribution < 1.29 is 43.6 Å². The molecule has 0 saturated carbocycles. The number of likely N-dealkylation sites (tertiary alicyclic amines) is 1. The standard InChI is InChI=1S/C22H29NO3S.C17H19ClO3S.C5H11N.ClH/c1-18-4-3-14-23(18)15-13-19-5-7-20(8-6-19)21-9-11-22(12-10-21)27(24,25)17-16-26-2;1-21-12-13-22(19,20)17-8-6-16(7-9-17)15-4-2-14(3-5-15)10-11-18;1-5-3-2-4-6-5;/h5-12,18H,3-4,13-17H2,1-2H3;2-9H,10-13H2,1H3;5-6H,2-4H2,1H3;1H/t18-;;5-;/m1.1./s1. The smallest absolute Gasteiger partial charge is 0.180 e. The quantitative estimate of drug-likeness (QED) is 0.176. The summed E-state index contributed by atoms with van der Waals surface area (Å²) in [5.41, 5.74) is 6.75. The number of halogens is 2. The zero-order valence-electron chi connectivity index (χ0n) is 33.3. The van der Waals surface area contributed by atoms with Crippen LogP contribution in [0.1, 0.15) is 50.7 Å². The van der Waals surface area contributed by atoms with Gasteiger partial charge in [0.05, 0.1) is 53.6 Å². The van der Waals surface area contributed by atoms with Crippen molar-refractivity contribution in [1.82, 2.24) is 5.32 Å². The number of alkyl halides is 1. The van der Waals surface area contributed by atoms with E-state index in [1.165, 1.54) is 70.7 Å². The van der Waals surface area contributed by atoms with Crippen molar-refractivity contribution in [2.75, 3.05) is 64.5 Å². The van der Waals surface area contributed by atoms with Gasteiger partial charge in [-0.2, -0.15) is 0 Å². The third kappa shape index (κ3) is 15.2. The van der Waals surface area contributed by atoms with Gasteiger partial charge in [0.1, 0.15) is 0 Å². The van der Waals surface area contributed by atoms with Gasteiger partial charge < -0.3 is 32.1 Å². The Kier molecular flexibility index (Phi) is 20.6. The Balaban J connectivity index is 0.000000260. The molecule has 308 valence electrons. The lowest BCUT2D eigenvalue weighted by Gasteiger charge is -2.18. The summed E-state index contributed by atoms with van der Waals surface area (Å²) in [6.07, 6.45) is 7.41. The van der Waals surface area contributed by atoms with Crippen molar-refractivity contribution in [3.8, 4) is 22.3 Å². The van der Waals surface area contributed by atoms with E-state index in [-0.39, 0.29) is 37.1 Å². The number of benzene rings is 4. The van der Waals surface area contributed by atoms with Crippen LogP contribution >= 0.6 is 11.6 Å². The lowest BCUT2D eigenvalue weighted by molar-refractivity contribution is -0.910. The number of hydrogen-bond donors (Lipinski definition) is 2. The summed E-state index contributed by atoms with van der Waals surface area (Å²) in [5.74, 6) is 0.610. The predicted molar refractivity (Wildman–Crippen MR) is 226 cm³/mol. The second kappa shape index (κ2) is 24.2. The molecule has 2 aliphatic heterocycles. The topological polar surface area (TPSA) is 103 Å². The van der Waals surface area contributed by atoms with Crippen molar-refractivity contribution >= 4 is 31.3 Å². The number of nitrogens with one attached hydrogen (secondary N) is 2. The van der Waals surface area contributed by atoms with Gasteiger partial charge >= 0.3 is 0 Å². The molecule has 12 heteroatoms. The lowest BCUT2D eigenvalue weighted by atomic mass is 10.0. The monoisotopic (exact) mass is 846 g/mol. The maximum absolute atomic E-state index is 12.2. The molecule has 0 radical (unpaired) electrons. The van der Waals surface area contributed by atoms with Gasteiger partial charge in [-0.15, -0.1) is 11.6 Å². The van der Waals surface area contributed by atoms with Crippen LogP contribution in [0, 0.1) is 0 Å². The molecule has 1 unspecified atom stereocenters. The average Bonchev–Trinajstić information content (AvgIpc) is 3.86. The van der Waals surface area contributed by atoms with E-state index >= 15 is 0 Å². The van der Waals surface area contributed by atoms with E-state index < -0.39 is 19.7 Å². The molecule has 0 spiro atoms. The first-order valence-electron chi connectivity index (χ1n) is 19.4. The van der Waals surface area contributed by atoms with Crippen molar-refractivity contribution in [1.29, 1.82) is 0 Å². The van der Waals surface area contributed by atoms with Gasteiger partial charge in [-0.25, -0.2) is 16.8 Å². The van der Waals surface area contributed by atoms with Gasteiger partial charge in [-0.05, 0) is 97.3 Å². The summed E-state index contributed by atoms with van der Waals surface area (Å²) in [7, 11) is -3.55. The number of quaternary nitrogens is 1. The molecule has 2 heterocycles. The second-order valence-electron chi connectivity index (χ2n) is 14.5. The van der Waals surface area contributed by atoms with Gasteiger partial charge in [-0.3, -0.25) is 0 Å². The summed E-state index contributed by atoms with van der Waals surface area (Å²) in [6.45, 7) is 8.74. The molecule has 2 saturated heterocycles. The molecular formula is C44H60Cl2N2O6S2. The van der Waals surface area contributed by atoms with Gasteiger partial charge in [0, 0.05) is 45.4 Å². The Hall–Kier alpha value is -2.80. The second-order valence-corrected chi connectivity index (χ2v) is 19.1. The number of aryl methyl sites for hydroxylation is 1. The van der Waals surface area contributed by atoms with Crippen molar-refractivity contribution in [3.63, 3.8) is 0 Å². The third-order valence-corrected chi connectivity index (χ3v) is 13.9. The fraction of sp³-hybridized carbons (Fsp3) is 0.455. The summed E-state index contributed by atoms with van der Waals surface area (Å²) < 4.78 is 58.3. The molecule has 6 rings (SSSR count). The first-order valence-corrected chi connectivity index (χ1v) is 23.3. The van der Waals surface area contributed by atoms with E-state index in [1.54, 1.807) is 29.2 Å². The average molecular weight is 848 g/mol. The molecule has 0 aliphatic carbocycles. The fourth-order valence-electron chi connectivity index (χ4n) is 6.79. The van der Waals surface area contributed by atoms with Crippen molar-refractivity contribution in [3.05, 3.63) is 108 Å². The zero-order chi connectivity index (χ0) is 39.7. The minimum absolute atomic E-state index is 0. The van der Waals surface area contributed by atoms with Gasteiger partial charge in [0.25, 0.3) is 0 Å². The highest BCUT2D eigenvalue weighted by atomic mass is 35.5. The normalized spacial score (nSPS) is 17.9. The van der Waals surface area contributed by atoms with Crippen LogP contribution in [-0.2, 0) is 42.0 Å². The highest BCUT2D eigenvalue weighted by Gasteiger charge is 2.23. The van der Waals surface area contributed by atoms with E-state index in [1.807, 2.05) is 48.5 Å². The fourth-order valence-corrected chi connectivity index (χ4v) is 9.35. The number of hydrogen-bond acceptors (Lipinski definition) is 7. The highest BCUT2D eigenvalue weighted by molar-refractivity contribution is 7.91.